The topological polar surface area (TPSA) is 71.3 Å². The van der Waals surface area contributed by atoms with Crippen LogP contribution in [0.1, 0.15) is 43.9 Å². The predicted octanol–water partition coefficient (Wildman–Crippen LogP) is 3.18. The average Bonchev–Trinajstić information content (AvgIpc) is 3.01. The van der Waals surface area contributed by atoms with Gasteiger partial charge in [-0.15, -0.1) is 12.4 Å². The summed E-state index contributed by atoms with van der Waals surface area (Å²) in [5.74, 6) is 1.20. The second-order valence-electron chi connectivity index (χ2n) is 7.88. The molecular weight excluding hydrogens is 352 g/mol. The maximum absolute atomic E-state index is 12.8. The molecule has 1 aromatic heterocycles. The molecule has 0 spiro atoms. The summed E-state index contributed by atoms with van der Waals surface area (Å²) in [7, 11) is 0. The molecule has 0 aliphatic carbocycles. The fraction of sp³-hybridized carbons (Fsp3) is 0.526. The Morgan fingerprint density at radius 1 is 1.38 bits per heavy atom. The summed E-state index contributed by atoms with van der Waals surface area (Å²) in [5, 5.41) is 7.38. The van der Waals surface area contributed by atoms with Crippen LogP contribution in [0.3, 0.4) is 0 Å². The predicted molar refractivity (Wildman–Crippen MR) is 104 cm³/mol. The van der Waals surface area contributed by atoms with Gasteiger partial charge in [0.1, 0.15) is 0 Å². The molecule has 1 N–H and O–H groups in total. The Morgan fingerprint density at radius 3 is 2.85 bits per heavy atom. The number of aromatic nitrogens is 2. The summed E-state index contributed by atoms with van der Waals surface area (Å²) in [6.45, 7) is 10.8. The molecule has 26 heavy (non-hydrogen) atoms. The third-order valence-corrected chi connectivity index (χ3v) is 4.28. The molecule has 2 aromatic rings. The molecule has 1 saturated heterocycles. The molecule has 142 valence electrons. The van der Waals surface area contributed by atoms with Crippen LogP contribution in [-0.2, 0) is 6.42 Å². The summed E-state index contributed by atoms with van der Waals surface area (Å²) in [4.78, 5) is 19.2. The van der Waals surface area contributed by atoms with E-state index in [1.165, 1.54) is 0 Å². The zero-order valence-corrected chi connectivity index (χ0v) is 16.6. The number of nitrogens with zero attached hydrogens (tertiary/aromatic N) is 3. The van der Waals surface area contributed by atoms with Gasteiger partial charge in [0.25, 0.3) is 5.91 Å². The first-order valence-electron chi connectivity index (χ1n) is 8.78. The van der Waals surface area contributed by atoms with Crippen molar-refractivity contribution >= 4 is 18.3 Å². The highest BCUT2D eigenvalue weighted by Gasteiger charge is 2.24. The lowest BCUT2D eigenvalue weighted by Gasteiger charge is -2.34. The largest absolute Gasteiger partial charge is 0.339 e. The number of halogens is 1. The number of piperazine rings is 1. The maximum atomic E-state index is 12.8. The van der Waals surface area contributed by atoms with Crippen molar-refractivity contribution in [1.82, 2.24) is 20.4 Å². The molecule has 1 amide bonds. The molecule has 2 heterocycles. The van der Waals surface area contributed by atoms with Crippen molar-refractivity contribution in [2.24, 2.45) is 5.41 Å². The molecule has 0 radical (unpaired) electrons. The Labute approximate surface area is 160 Å². The fourth-order valence-electron chi connectivity index (χ4n) is 3.00. The van der Waals surface area contributed by atoms with E-state index in [1.807, 2.05) is 29.2 Å². The summed E-state index contributed by atoms with van der Waals surface area (Å²) in [6, 6.07) is 7.66. The van der Waals surface area contributed by atoms with Crippen LogP contribution in [-0.4, -0.2) is 46.6 Å². The van der Waals surface area contributed by atoms with Crippen molar-refractivity contribution < 1.29 is 9.32 Å². The van der Waals surface area contributed by atoms with Gasteiger partial charge in [0, 0.05) is 43.2 Å². The van der Waals surface area contributed by atoms with E-state index in [-0.39, 0.29) is 29.8 Å². The number of carbonyl (C=O) groups is 1. The minimum absolute atomic E-state index is 0. The van der Waals surface area contributed by atoms with Gasteiger partial charge in [-0.1, -0.05) is 38.1 Å². The summed E-state index contributed by atoms with van der Waals surface area (Å²) >= 11 is 0. The van der Waals surface area contributed by atoms with Crippen LogP contribution in [0.25, 0.3) is 11.4 Å². The molecule has 3 rings (SSSR count). The molecule has 0 bridgehead atoms. The van der Waals surface area contributed by atoms with Crippen LogP contribution in [0.2, 0.25) is 0 Å². The monoisotopic (exact) mass is 378 g/mol. The molecule has 0 saturated carbocycles. The van der Waals surface area contributed by atoms with Crippen molar-refractivity contribution in [1.29, 1.82) is 0 Å². The van der Waals surface area contributed by atoms with Crippen LogP contribution >= 0.6 is 12.4 Å². The van der Waals surface area contributed by atoms with E-state index in [0.717, 1.165) is 31.6 Å². The molecule has 7 heteroatoms. The summed E-state index contributed by atoms with van der Waals surface area (Å²) in [5.41, 5.74) is 1.55. The van der Waals surface area contributed by atoms with Crippen LogP contribution < -0.4 is 5.32 Å². The van der Waals surface area contributed by atoms with Crippen LogP contribution in [0.5, 0.6) is 0 Å². The van der Waals surface area contributed by atoms with Crippen LogP contribution in [0.15, 0.2) is 28.8 Å². The minimum atomic E-state index is 0. The molecule has 1 aromatic carbocycles. The zero-order chi connectivity index (χ0) is 18.0. The standard InChI is InChI=1S/C19H26N4O2.ClH/c1-13-12-20-8-9-23(13)18(24)15-7-5-6-14(10-15)17-21-16(25-22-17)11-19(2,3)4;/h5-7,10,13,20H,8-9,11-12H2,1-4H3;1H/t13-;/m0./s1. The second-order valence-corrected chi connectivity index (χ2v) is 7.88. The van der Waals surface area contributed by atoms with E-state index in [0.29, 0.717) is 17.3 Å². The first kappa shape index (κ1) is 20.4. The van der Waals surface area contributed by atoms with Crippen molar-refractivity contribution in [3.63, 3.8) is 0 Å². The van der Waals surface area contributed by atoms with Gasteiger partial charge in [0.2, 0.25) is 11.7 Å². The highest BCUT2D eigenvalue weighted by atomic mass is 35.5. The van der Waals surface area contributed by atoms with Gasteiger partial charge in [0.15, 0.2) is 0 Å². The number of rotatable bonds is 3. The number of benzene rings is 1. The first-order valence-corrected chi connectivity index (χ1v) is 8.78. The second kappa shape index (κ2) is 8.18. The molecule has 0 unspecified atom stereocenters. The van der Waals surface area contributed by atoms with E-state index in [9.17, 15) is 4.79 Å². The SMILES string of the molecule is C[C@H]1CNCCN1C(=O)c1cccc(-c2noc(CC(C)(C)C)n2)c1.Cl. The van der Waals surface area contributed by atoms with Gasteiger partial charge in [-0.25, -0.2) is 0 Å². The molecule has 1 aliphatic heterocycles. The third kappa shape index (κ3) is 4.83. The Bertz CT molecular complexity index is 754. The van der Waals surface area contributed by atoms with E-state index in [4.69, 9.17) is 4.52 Å². The Balaban J connectivity index is 0.00000243. The number of amides is 1. The van der Waals surface area contributed by atoms with Crippen molar-refractivity contribution in [3.8, 4) is 11.4 Å². The Kier molecular flexibility index (Phi) is 6.42. The van der Waals surface area contributed by atoms with E-state index in [1.54, 1.807) is 0 Å². The highest BCUT2D eigenvalue weighted by Crippen LogP contribution is 2.23. The first-order chi connectivity index (χ1) is 11.8. The lowest BCUT2D eigenvalue weighted by atomic mass is 9.92. The number of hydrogen-bond acceptors (Lipinski definition) is 5. The highest BCUT2D eigenvalue weighted by molar-refractivity contribution is 5.95. The summed E-state index contributed by atoms with van der Waals surface area (Å²) in [6.07, 6.45) is 0.719. The Morgan fingerprint density at radius 2 is 2.15 bits per heavy atom. The van der Waals surface area contributed by atoms with Gasteiger partial charge in [-0.05, 0) is 24.5 Å². The van der Waals surface area contributed by atoms with Gasteiger partial charge in [0.05, 0.1) is 0 Å². The van der Waals surface area contributed by atoms with E-state index in [2.05, 4.69) is 43.2 Å². The van der Waals surface area contributed by atoms with Gasteiger partial charge < -0.3 is 14.7 Å². The third-order valence-electron chi connectivity index (χ3n) is 4.28. The molecular formula is C19H27ClN4O2. The smallest absolute Gasteiger partial charge is 0.254 e. The van der Waals surface area contributed by atoms with Crippen LogP contribution in [0.4, 0.5) is 0 Å². The lowest BCUT2D eigenvalue weighted by Crippen LogP contribution is -2.52. The van der Waals surface area contributed by atoms with Gasteiger partial charge in [-0.3, -0.25) is 4.79 Å². The number of nitrogens with one attached hydrogen (secondary N) is 1. The van der Waals surface area contributed by atoms with Crippen LogP contribution in [0, 0.1) is 5.41 Å². The molecule has 1 fully saturated rings. The fourth-order valence-corrected chi connectivity index (χ4v) is 3.00. The zero-order valence-electron chi connectivity index (χ0n) is 15.8. The summed E-state index contributed by atoms with van der Waals surface area (Å²) < 4.78 is 5.36. The minimum Gasteiger partial charge on any atom is -0.339 e. The van der Waals surface area contributed by atoms with Crippen molar-refractivity contribution in [2.45, 2.75) is 40.2 Å². The Hall–Kier alpha value is -1.92. The van der Waals surface area contributed by atoms with Crippen molar-refractivity contribution in [2.75, 3.05) is 19.6 Å². The average molecular weight is 379 g/mol. The van der Waals surface area contributed by atoms with E-state index >= 15 is 0 Å². The van der Waals surface area contributed by atoms with Crippen molar-refractivity contribution in [3.05, 3.63) is 35.7 Å². The van der Waals surface area contributed by atoms with Gasteiger partial charge >= 0.3 is 0 Å². The molecule has 1 aliphatic rings. The molecule has 1 atom stereocenters. The number of hydrogen-bond donors (Lipinski definition) is 1. The molecule has 6 nitrogen and oxygen atoms in total. The normalized spacial score (nSPS) is 17.7. The number of carbonyl (C=O) groups excluding carboxylic acids is 1. The lowest BCUT2D eigenvalue weighted by molar-refractivity contribution is 0.0656. The quantitative estimate of drug-likeness (QED) is 0.888. The van der Waals surface area contributed by atoms with E-state index < -0.39 is 0 Å². The van der Waals surface area contributed by atoms with Gasteiger partial charge in [-0.2, -0.15) is 4.98 Å². The maximum Gasteiger partial charge on any atom is 0.254 e.